The van der Waals surface area contributed by atoms with Crippen LogP contribution in [-0.2, 0) is 16.4 Å². The molecule has 0 radical (unpaired) electrons. The molecule has 4 N–H and O–H groups in total. The molecular weight excluding hydrogens is 338 g/mol. The molecule has 0 aliphatic rings. The number of hydrogen-bond acceptors (Lipinski definition) is 6. The number of primary sulfonamides is 1. The Labute approximate surface area is 149 Å². The van der Waals surface area contributed by atoms with Crippen molar-refractivity contribution in [2.45, 2.75) is 32.1 Å². The van der Waals surface area contributed by atoms with Crippen LogP contribution in [-0.4, -0.2) is 31.5 Å². The first kappa shape index (κ1) is 19.1. The van der Waals surface area contributed by atoms with Crippen LogP contribution in [0.15, 0.2) is 35.2 Å². The average Bonchev–Trinajstić information content (AvgIpc) is 2.52. The highest BCUT2D eigenvalue weighted by molar-refractivity contribution is 7.89. The quantitative estimate of drug-likeness (QED) is 0.663. The van der Waals surface area contributed by atoms with E-state index in [0.717, 1.165) is 30.0 Å². The molecule has 0 aliphatic carbocycles. The number of nitrogens with zero attached hydrogens (tertiary/aromatic N) is 2. The van der Waals surface area contributed by atoms with E-state index in [0.29, 0.717) is 18.4 Å². The van der Waals surface area contributed by atoms with Gasteiger partial charge in [0.2, 0.25) is 16.0 Å². The van der Waals surface area contributed by atoms with Gasteiger partial charge in [-0.1, -0.05) is 26.0 Å². The van der Waals surface area contributed by atoms with E-state index >= 15 is 0 Å². The minimum atomic E-state index is -3.65. The molecule has 1 aromatic carbocycles. The van der Waals surface area contributed by atoms with Gasteiger partial charge in [0.25, 0.3) is 0 Å². The van der Waals surface area contributed by atoms with Crippen molar-refractivity contribution in [1.82, 2.24) is 9.97 Å². The van der Waals surface area contributed by atoms with Crippen molar-refractivity contribution in [2.75, 3.05) is 23.7 Å². The van der Waals surface area contributed by atoms with Crippen molar-refractivity contribution in [2.24, 2.45) is 11.1 Å². The van der Waals surface area contributed by atoms with E-state index in [9.17, 15) is 8.42 Å². The Bertz CT molecular complexity index is 804. The second-order valence-electron chi connectivity index (χ2n) is 6.36. The minimum Gasteiger partial charge on any atom is -0.370 e. The largest absolute Gasteiger partial charge is 0.370 e. The van der Waals surface area contributed by atoms with Crippen LogP contribution >= 0.6 is 0 Å². The molecule has 0 bridgehead atoms. The third kappa shape index (κ3) is 6.32. The van der Waals surface area contributed by atoms with Crippen molar-refractivity contribution in [3.05, 3.63) is 41.6 Å². The number of nitrogens with two attached hydrogens (primary N) is 1. The fourth-order valence-corrected chi connectivity index (χ4v) is 2.73. The number of sulfonamides is 1. The molecule has 1 heterocycles. The lowest BCUT2D eigenvalue weighted by Gasteiger charge is -2.11. The first-order chi connectivity index (χ1) is 11.7. The zero-order chi connectivity index (χ0) is 18.4. The molecule has 0 fully saturated rings. The molecule has 0 saturated carbocycles. The van der Waals surface area contributed by atoms with Crippen LogP contribution in [0.25, 0.3) is 0 Å². The van der Waals surface area contributed by atoms with Crippen LogP contribution in [0, 0.1) is 12.8 Å². The first-order valence-corrected chi connectivity index (χ1v) is 9.74. The van der Waals surface area contributed by atoms with Crippen LogP contribution in [0.1, 0.15) is 25.1 Å². The molecular formula is C17H25N5O2S. The van der Waals surface area contributed by atoms with Gasteiger partial charge in [-0.25, -0.2) is 18.5 Å². The Hall–Kier alpha value is -2.19. The molecule has 0 atom stereocenters. The van der Waals surface area contributed by atoms with Gasteiger partial charge < -0.3 is 10.6 Å². The molecule has 0 spiro atoms. The van der Waals surface area contributed by atoms with Gasteiger partial charge in [-0.15, -0.1) is 0 Å². The van der Waals surface area contributed by atoms with E-state index in [1.807, 2.05) is 13.0 Å². The van der Waals surface area contributed by atoms with Gasteiger partial charge in [0.1, 0.15) is 5.82 Å². The third-order valence-corrected chi connectivity index (χ3v) is 4.42. The van der Waals surface area contributed by atoms with E-state index < -0.39 is 10.0 Å². The third-order valence-electron chi connectivity index (χ3n) is 3.49. The van der Waals surface area contributed by atoms with Crippen molar-refractivity contribution in [3.63, 3.8) is 0 Å². The van der Waals surface area contributed by atoms with E-state index in [1.165, 1.54) is 12.1 Å². The number of aryl methyl sites for hydroxylation is 1. The maximum Gasteiger partial charge on any atom is 0.238 e. The zero-order valence-electron chi connectivity index (χ0n) is 14.8. The average molecular weight is 363 g/mol. The number of nitrogens with one attached hydrogen (secondary N) is 2. The number of hydrogen-bond donors (Lipinski definition) is 3. The summed E-state index contributed by atoms with van der Waals surface area (Å²) < 4.78 is 22.5. The summed E-state index contributed by atoms with van der Waals surface area (Å²) in [6.45, 7) is 7.70. The Morgan fingerprint density at radius 1 is 1.12 bits per heavy atom. The van der Waals surface area contributed by atoms with Crippen molar-refractivity contribution in [1.29, 1.82) is 0 Å². The maximum absolute atomic E-state index is 11.2. The Kier molecular flexibility index (Phi) is 6.33. The second-order valence-corrected chi connectivity index (χ2v) is 7.92. The molecule has 0 unspecified atom stereocenters. The Morgan fingerprint density at radius 2 is 1.80 bits per heavy atom. The fraction of sp³-hybridized carbons (Fsp3) is 0.412. The van der Waals surface area contributed by atoms with Crippen LogP contribution in [0.4, 0.5) is 11.8 Å². The van der Waals surface area contributed by atoms with E-state index in [2.05, 4.69) is 34.4 Å². The minimum absolute atomic E-state index is 0.118. The molecule has 136 valence electrons. The molecule has 0 saturated heterocycles. The summed E-state index contributed by atoms with van der Waals surface area (Å²) >= 11 is 0. The molecule has 0 aliphatic heterocycles. The lowest BCUT2D eigenvalue weighted by atomic mass is 10.1. The standard InChI is InChI=1S/C17H25N5O2S/c1-12(2)11-20-16-10-13(3)21-17(22-16)19-9-8-14-4-6-15(7-5-14)25(18,23)24/h4-7,10,12H,8-9,11H2,1-3H3,(H2,18,23,24)(H2,19,20,21,22). The predicted molar refractivity (Wildman–Crippen MR) is 100 cm³/mol. The number of rotatable bonds is 8. The molecule has 7 nitrogen and oxygen atoms in total. The van der Waals surface area contributed by atoms with Gasteiger partial charge >= 0.3 is 0 Å². The molecule has 2 rings (SSSR count). The molecule has 8 heteroatoms. The Balaban J connectivity index is 1.93. The summed E-state index contributed by atoms with van der Waals surface area (Å²) in [6.07, 6.45) is 0.719. The lowest BCUT2D eigenvalue weighted by Crippen LogP contribution is -2.13. The number of benzene rings is 1. The summed E-state index contributed by atoms with van der Waals surface area (Å²) in [5, 5.41) is 11.6. The fourth-order valence-electron chi connectivity index (χ4n) is 2.21. The summed E-state index contributed by atoms with van der Waals surface area (Å²) in [5.74, 6) is 1.92. The predicted octanol–water partition coefficient (Wildman–Crippen LogP) is 2.15. The van der Waals surface area contributed by atoms with Gasteiger partial charge in [0, 0.05) is 24.8 Å². The van der Waals surface area contributed by atoms with Crippen LogP contribution in [0.5, 0.6) is 0 Å². The highest BCUT2D eigenvalue weighted by atomic mass is 32.2. The van der Waals surface area contributed by atoms with Crippen LogP contribution in [0.3, 0.4) is 0 Å². The van der Waals surface area contributed by atoms with Gasteiger partial charge in [-0.3, -0.25) is 0 Å². The molecule has 25 heavy (non-hydrogen) atoms. The summed E-state index contributed by atoms with van der Waals surface area (Å²) in [5.41, 5.74) is 1.90. The van der Waals surface area contributed by atoms with Crippen molar-refractivity contribution < 1.29 is 8.42 Å². The van der Waals surface area contributed by atoms with Crippen molar-refractivity contribution in [3.8, 4) is 0 Å². The first-order valence-electron chi connectivity index (χ1n) is 8.19. The van der Waals surface area contributed by atoms with Gasteiger partial charge in [-0.2, -0.15) is 4.98 Å². The Morgan fingerprint density at radius 3 is 2.40 bits per heavy atom. The monoisotopic (exact) mass is 363 g/mol. The highest BCUT2D eigenvalue weighted by Crippen LogP contribution is 2.12. The normalized spacial score (nSPS) is 11.6. The van der Waals surface area contributed by atoms with Crippen LogP contribution < -0.4 is 15.8 Å². The van der Waals surface area contributed by atoms with Gasteiger partial charge in [0.15, 0.2) is 0 Å². The molecule has 2 aromatic rings. The van der Waals surface area contributed by atoms with Crippen LogP contribution in [0.2, 0.25) is 0 Å². The summed E-state index contributed by atoms with van der Waals surface area (Å²) in [6, 6.07) is 8.46. The van der Waals surface area contributed by atoms with E-state index in [-0.39, 0.29) is 4.90 Å². The highest BCUT2D eigenvalue weighted by Gasteiger charge is 2.07. The number of anilines is 2. The SMILES string of the molecule is Cc1cc(NCC(C)C)nc(NCCc2ccc(S(N)(=O)=O)cc2)n1. The smallest absolute Gasteiger partial charge is 0.238 e. The topological polar surface area (TPSA) is 110 Å². The molecule has 1 aromatic heterocycles. The summed E-state index contributed by atoms with van der Waals surface area (Å²) in [4.78, 5) is 8.95. The van der Waals surface area contributed by atoms with Gasteiger partial charge in [0.05, 0.1) is 4.90 Å². The maximum atomic E-state index is 11.2. The second kappa shape index (κ2) is 8.26. The lowest BCUT2D eigenvalue weighted by molar-refractivity contribution is 0.598. The number of aromatic nitrogens is 2. The molecule has 0 amide bonds. The summed E-state index contributed by atoms with van der Waals surface area (Å²) in [7, 11) is -3.65. The van der Waals surface area contributed by atoms with Gasteiger partial charge in [-0.05, 0) is 37.0 Å². The van der Waals surface area contributed by atoms with E-state index in [4.69, 9.17) is 5.14 Å². The van der Waals surface area contributed by atoms with Crippen molar-refractivity contribution >= 4 is 21.8 Å². The van der Waals surface area contributed by atoms with E-state index in [1.54, 1.807) is 12.1 Å². The zero-order valence-corrected chi connectivity index (χ0v) is 15.6.